The number of rotatable bonds is 3. The van der Waals surface area contributed by atoms with Crippen LogP contribution in [0.15, 0.2) is 41.3 Å². The molecule has 2 aromatic heterocycles. The van der Waals surface area contributed by atoms with Crippen LogP contribution in [0, 0.1) is 0 Å². The first-order valence-corrected chi connectivity index (χ1v) is 10.6. The van der Waals surface area contributed by atoms with Crippen molar-refractivity contribution in [3.8, 4) is 22.8 Å². The van der Waals surface area contributed by atoms with Gasteiger partial charge in [0.05, 0.1) is 17.0 Å². The van der Waals surface area contributed by atoms with Gasteiger partial charge in [0.1, 0.15) is 5.82 Å². The van der Waals surface area contributed by atoms with Crippen LogP contribution in [-0.4, -0.2) is 33.2 Å². The number of hydrogen-bond donors (Lipinski definition) is 1. The fourth-order valence-corrected chi connectivity index (χ4v) is 3.97. The Hall–Kier alpha value is -3.19. The highest BCUT2D eigenvalue weighted by Crippen LogP contribution is 2.35. The molecule has 4 heterocycles. The van der Waals surface area contributed by atoms with Crippen LogP contribution in [0.2, 0.25) is 0 Å². The van der Waals surface area contributed by atoms with Crippen LogP contribution in [0.1, 0.15) is 43.4 Å². The highest BCUT2D eigenvalue weighted by Gasteiger charge is 2.25. The highest BCUT2D eigenvalue weighted by atomic mass is 16.7. The van der Waals surface area contributed by atoms with Crippen molar-refractivity contribution >= 4 is 0 Å². The van der Waals surface area contributed by atoms with Gasteiger partial charge in [0.2, 0.25) is 6.79 Å². The van der Waals surface area contributed by atoms with Crippen molar-refractivity contribution in [2.24, 2.45) is 0 Å². The predicted molar refractivity (Wildman–Crippen MR) is 117 cm³/mol. The van der Waals surface area contributed by atoms with Crippen molar-refractivity contribution in [1.82, 2.24) is 19.9 Å². The molecule has 7 heteroatoms. The second-order valence-electron chi connectivity index (χ2n) is 9.17. The van der Waals surface area contributed by atoms with Crippen LogP contribution in [0.4, 0.5) is 0 Å². The number of ether oxygens (including phenoxy) is 2. The normalized spacial score (nSPS) is 15.7. The molecule has 2 aliphatic heterocycles. The molecule has 0 saturated heterocycles. The molecule has 0 atom stereocenters. The van der Waals surface area contributed by atoms with Crippen LogP contribution >= 0.6 is 0 Å². The van der Waals surface area contributed by atoms with E-state index < -0.39 is 0 Å². The molecule has 2 aliphatic rings. The number of nitrogens with one attached hydrogen (secondary N) is 1. The van der Waals surface area contributed by atoms with E-state index >= 15 is 0 Å². The topological polar surface area (TPSA) is 80.3 Å². The summed E-state index contributed by atoms with van der Waals surface area (Å²) in [4.78, 5) is 27.3. The molecular formula is C24H26N4O3. The van der Waals surface area contributed by atoms with Crippen LogP contribution < -0.4 is 15.0 Å². The first-order chi connectivity index (χ1) is 14.9. The zero-order valence-electron chi connectivity index (χ0n) is 18.1. The minimum atomic E-state index is -0.170. The zero-order valence-corrected chi connectivity index (χ0v) is 18.1. The Bertz CT molecular complexity index is 1180. The Kier molecular flexibility index (Phi) is 4.78. The molecular weight excluding hydrogens is 392 g/mol. The minimum Gasteiger partial charge on any atom is -0.454 e. The highest BCUT2D eigenvalue weighted by molar-refractivity contribution is 5.64. The summed E-state index contributed by atoms with van der Waals surface area (Å²) in [5.41, 5.74) is 4.53. The Morgan fingerprint density at radius 2 is 1.97 bits per heavy atom. The molecule has 0 fully saturated rings. The lowest BCUT2D eigenvalue weighted by Gasteiger charge is -2.28. The maximum absolute atomic E-state index is 12.7. The van der Waals surface area contributed by atoms with Gasteiger partial charge in [-0.15, -0.1) is 0 Å². The van der Waals surface area contributed by atoms with Gasteiger partial charge >= 0.3 is 0 Å². The standard InChI is InChI=1S/C24H26N4O3/c1-24(2,3)23-26-19-8-9-28(13-17(19)22(29)27-23)12-15-4-6-18(25-11-15)16-5-7-20-21(10-16)31-14-30-20/h4-7,10-11H,8-9,12-14H2,1-3H3,(H,26,27,29). The fourth-order valence-electron chi connectivity index (χ4n) is 3.97. The van der Waals surface area contributed by atoms with Crippen LogP contribution in [0.5, 0.6) is 11.5 Å². The van der Waals surface area contributed by atoms with Crippen LogP contribution in [-0.2, 0) is 24.9 Å². The summed E-state index contributed by atoms with van der Waals surface area (Å²) in [6, 6.07) is 9.97. The van der Waals surface area contributed by atoms with E-state index in [1.807, 2.05) is 30.5 Å². The van der Waals surface area contributed by atoms with E-state index in [1.165, 1.54) is 0 Å². The first-order valence-electron chi connectivity index (χ1n) is 10.6. The summed E-state index contributed by atoms with van der Waals surface area (Å²) < 4.78 is 10.8. The molecule has 7 nitrogen and oxygen atoms in total. The average molecular weight is 418 g/mol. The summed E-state index contributed by atoms with van der Waals surface area (Å²) >= 11 is 0. The van der Waals surface area contributed by atoms with E-state index in [0.717, 1.165) is 64.9 Å². The molecule has 1 aromatic carbocycles. The second-order valence-corrected chi connectivity index (χ2v) is 9.17. The van der Waals surface area contributed by atoms with Gasteiger partial charge in [-0.25, -0.2) is 4.98 Å². The minimum absolute atomic E-state index is 0.0177. The molecule has 1 N–H and O–H groups in total. The molecule has 0 amide bonds. The molecule has 0 spiro atoms. The van der Waals surface area contributed by atoms with Gasteiger partial charge in [-0.05, 0) is 29.8 Å². The van der Waals surface area contributed by atoms with Crippen molar-refractivity contribution in [3.05, 3.63) is 69.5 Å². The van der Waals surface area contributed by atoms with Crippen LogP contribution in [0.25, 0.3) is 11.3 Å². The van der Waals surface area contributed by atoms with Crippen molar-refractivity contribution in [2.75, 3.05) is 13.3 Å². The van der Waals surface area contributed by atoms with E-state index in [2.05, 4.69) is 41.7 Å². The lowest BCUT2D eigenvalue weighted by Crippen LogP contribution is -2.37. The van der Waals surface area contributed by atoms with Gasteiger partial charge < -0.3 is 14.5 Å². The van der Waals surface area contributed by atoms with E-state index in [9.17, 15) is 4.79 Å². The monoisotopic (exact) mass is 418 g/mol. The van der Waals surface area contributed by atoms with Crippen LogP contribution in [0.3, 0.4) is 0 Å². The number of fused-ring (bicyclic) bond motifs is 2. The molecule has 0 radical (unpaired) electrons. The van der Waals surface area contributed by atoms with Crippen molar-refractivity contribution in [3.63, 3.8) is 0 Å². The lowest BCUT2D eigenvalue weighted by molar-refractivity contribution is 0.174. The number of nitrogens with zero attached hydrogens (tertiary/aromatic N) is 3. The van der Waals surface area contributed by atoms with Gasteiger partial charge in [-0.3, -0.25) is 14.7 Å². The van der Waals surface area contributed by atoms with Gasteiger partial charge in [0, 0.05) is 43.2 Å². The number of benzene rings is 1. The number of aromatic nitrogens is 3. The third kappa shape index (κ3) is 3.93. The number of aromatic amines is 1. The summed E-state index contributed by atoms with van der Waals surface area (Å²) in [6.07, 6.45) is 2.69. The largest absolute Gasteiger partial charge is 0.454 e. The Morgan fingerprint density at radius 1 is 1.13 bits per heavy atom. The SMILES string of the molecule is CC(C)(C)c1nc2c(c(=O)[nH]1)CN(Cc1ccc(-c3ccc4c(c3)OCO4)nc1)CC2. The zero-order chi connectivity index (χ0) is 21.6. The average Bonchev–Trinajstić information content (AvgIpc) is 3.22. The summed E-state index contributed by atoms with van der Waals surface area (Å²) in [6.45, 7) is 8.67. The molecule has 5 rings (SSSR count). The van der Waals surface area contributed by atoms with Gasteiger partial charge in [0.15, 0.2) is 11.5 Å². The van der Waals surface area contributed by atoms with Crippen molar-refractivity contribution < 1.29 is 9.47 Å². The van der Waals surface area contributed by atoms with Gasteiger partial charge in [-0.2, -0.15) is 0 Å². The predicted octanol–water partition coefficient (Wildman–Crippen LogP) is 3.42. The smallest absolute Gasteiger partial charge is 0.255 e. The third-order valence-electron chi connectivity index (χ3n) is 5.76. The maximum Gasteiger partial charge on any atom is 0.255 e. The molecule has 160 valence electrons. The number of H-pyrrole nitrogens is 1. The van der Waals surface area contributed by atoms with E-state index in [-0.39, 0.29) is 17.8 Å². The molecule has 0 aliphatic carbocycles. The molecule has 31 heavy (non-hydrogen) atoms. The van der Waals surface area contributed by atoms with Gasteiger partial charge in [-0.1, -0.05) is 26.8 Å². The number of hydrogen-bond acceptors (Lipinski definition) is 6. The van der Waals surface area contributed by atoms with E-state index in [1.54, 1.807) is 0 Å². The molecule has 0 saturated carbocycles. The quantitative estimate of drug-likeness (QED) is 0.702. The van der Waals surface area contributed by atoms with Gasteiger partial charge in [0.25, 0.3) is 5.56 Å². The van der Waals surface area contributed by atoms with Crippen molar-refractivity contribution in [1.29, 1.82) is 0 Å². The Morgan fingerprint density at radius 3 is 2.74 bits per heavy atom. The van der Waals surface area contributed by atoms with E-state index in [4.69, 9.17) is 14.5 Å². The second kappa shape index (κ2) is 7.50. The summed E-state index contributed by atoms with van der Waals surface area (Å²) in [7, 11) is 0. The Balaban J connectivity index is 1.30. The summed E-state index contributed by atoms with van der Waals surface area (Å²) in [5.74, 6) is 2.28. The Labute approximate surface area is 181 Å². The molecule has 0 unspecified atom stereocenters. The maximum atomic E-state index is 12.7. The van der Waals surface area contributed by atoms with Crippen molar-refractivity contribution in [2.45, 2.75) is 45.7 Å². The first kappa shape index (κ1) is 19.8. The third-order valence-corrected chi connectivity index (χ3v) is 5.76. The molecule has 0 bridgehead atoms. The summed E-state index contributed by atoms with van der Waals surface area (Å²) in [5, 5.41) is 0. The fraction of sp³-hybridized carbons (Fsp3) is 0.375. The lowest BCUT2D eigenvalue weighted by atomic mass is 9.95. The van der Waals surface area contributed by atoms with E-state index in [0.29, 0.717) is 6.54 Å². The molecule has 3 aromatic rings. The number of pyridine rings is 1.